The molecule has 0 saturated heterocycles. The van der Waals surface area contributed by atoms with Crippen molar-refractivity contribution in [2.75, 3.05) is 5.32 Å². The zero-order valence-electron chi connectivity index (χ0n) is 13.1. The summed E-state index contributed by atoms with van der Waals surface area (Å²) in [6, 6.07) is 15.1. The summed E-state index contributed by atoms with van der Waals surface area (Å²) in [5, 5.41) is 5.69. The van der Waals surface area contributed by atoms with Crippen LogP contribution in [0.25, 0.3) is 0 Å². The Labute approximate surface area is 144 Å². The Morgan fingerprint density at radius 3 is 2.22 bits per heavy atom. The van der Waals surface area contributed by atoms with Crippen LogP contribution in [0.4, 0.5) is 5.69 Å². The summed E-state index contributed by atoms with van der Waals surface area (Å²) in [5.74, 6) is -0.147. The highest BCUT2D eigenvalue weighted by Gasteiger charge is 2.10. The van der Waals surface area contributed by atoms with E-state index in [-0.39, 0.29) is 17.9 Å². The predicted octanol–water partition coefficient (Wildman–Crippen LogP) is 3.83. The highest BCUT2D eigenvalue weighted by atomic mass is 79.9. The van der Waals surface area contributed by atoms with Gasteiger partial charge in [0.25, 0.3) is 0 Å². The lowest BCUT2D eigenvalue weighted by Gasteiger charge is -2.14. The van der Waals surface area contributed by atoms with Crippen molar-refractivity contribution in [1.82, 2.24) is 5.32 Å². The predicted molar refractivity (Wildman–Crippen MR) is 95.1 cm³/mol. The molecule has 2 N–H and O–H groups in total. The summed E-state index contributed by atoms with van der Waals surface area (Å²) in [5.41, 5.74) is 2.69. The second-order valence-corrected chi connectivity index (χ2v) is 6.31. The first kappa shape index (κ1) is 17.2. The first-order valence-electron chi connectivity index (χ1n) is 7.35. The number of amides is 2. The van der Waals surface area contributed by atoms with Crippen molar-refractivity contribution in [3.05, 3.63) is 64.1 Å². The maximum absolute atomic E-state index is 12.1. The third-order valence-corrected chi connectivity index (χ3v) is 3.92. The largest absolute Gasteiger partial charge is 0.349 e. The van der Waals surface area contributed by atoms with Gasteiger partial charge in [-0.15, -0.1) is 0 Å². The zero-order chi connectivity index (χ0) is 16.8. The van der Waals surface area contributed by atoms with Crippen LogP contribution >= 0.6 is 15.9 Å². The quantitative estimate of drug-likeness (QED) is 0.835. The van der Waals surface area contributed by atoms with E-state index in [9.17, 15) is 9.59 Å². The van der Waals surface area contributed by atoms with E-state index in [4.69, 9.17) is 0 Å². The van der Waals surface area contributed by atoms with Gasteiger partial charge in [-0.3, -0.25) is 9.59 Å². The molecule has 0 spiro atoms. The SMILES string of the molecule is CC(=O)Nc1ccc(CC(=O)NC(C)c2ccc(Br)cc2)cc1. The molecule has 1 atom stereocenters. The molecule has 23 heavy (non-hydrogen) atoms. The summed E-state index contributed by atoms with van der Waals surface area (Å²) < 4.78 is 1.01. The molecule has 2 aromatic rings. The molecule has 0 heterocycles. The van der Waals surface area contributed by atoms with Crippen molar-refractivity contribution in [1.29, 1.82) is 0 Å². The van der Waals surface area contributed by atoms with Crippen LogP contribution in [-0.4, -0.2) is 11.8 Å². The normalized spacial score (nSPS) is 11.6. The van der Waals surface area contributed by atoms with Crippen LogP contribution in [0, 0.1) is 0 Å². The van der Waals surface area contributed by atoms with Gasteiger partial charge < -0.3 is 10.6 Å². The van der Waals surface area contributed by atoms with Crippen molar-refractivity contribution >= 4 is 33.4 Å². The maximum Gasteiger partial charge on any atom is 0.224 e. The van der Waals surface area contributed by atoms with Gasteiger partial charge in [-0.05, 0) is 42.3 Å². The molecule has 2 amide bonds. The minimum absolute atomic E-state index is 0.0345. The third-order valence-electron chi connectivity index (χ3n) is 3.39. The van der Waals surface area contributed by atoms with E-state index in [0.717, 1.165) is 21.3 Å². The number of carbonyl (C=O) groups is 2. The molecule has 4 nitrogen and oxygen atoms in total. The van der Waals surface area contributed by atoms with E-state index < -0.39 is 0 Å². The Balaban J connectivity index is 1.91. The smallest absolute Gasteiger partial charge is 0.224 e. The van der Waals surface area contributed by atoms with Crippen molar-refractivity contribution < 1.29 is 9.59 Å². The molecular weight excluding hydrogens is 356 g/mol. The third kappa shape index (κ3) is 5.53. The fourth-order valence-corrected chi connectivity index (χ4v) is 2.49. The number of hydrogen-bond donors (Lipinski definition) is 2. The van der Waals surface area contributed by atoms with Gasteiger partial charge in [0.05, 0.1) is 12.5 Å². The number of nitrogens with one attached hydrogen (secondary N) is 2. The fourth-order valence-electron chi connectivity index (χ4n) is 2.22. The lowest BCUT2D eigenvalue weighted by atomic mass is 10.1. The van der Waals surface area contributed by atoms with Gasteiger partial charge in [-0.2, -0.15) is 0 Å². The molecule has 0 aliphatic rings. The first-order chi connectivity index (χ1) is 10.9. The Kier molecular flexibility index (Phi) is 5.93. The van der Waals surface area contributed by atoms with Crippen molar-refractivity contribution in [3.63, 3.8) is 0 Å². The van der Waals surface area contributed by atoms with Gasteiger partial charge in [0, 0.05) is 17.1 Å². The van der Waals surface area contributed by atoms with Crippen LogP contribution in [0.3, 0.4) is 0 Å². The van der Waals surface area contributed by atoms with E-state index in [0.29, 0.717) is 6.42 Å². The molecule has 0 fully saturated rings. The van der Waals surface area contributed by atoms with Crippen LogP contribution in [0.1, 0.15) is 31.0 Å². The highest BCUT2D eigenvalue weighted by Crippen LogP contribution is 2.17. The molecule has 0 aliphatic carbocycles. The summed E-state index contributed by atoms with van der Waals surface area (Å²) in [7, 11) is 0. The van der Waals surface area contributed by atoms with E-state index >= 15 is 0 Å². The molecule has 1 unspecified atom stereocenters. The standard InChI is InChI=1S/C18H19BrN2O2/c1-12(15-5-7-16(19)8-6-15)20-18(23)11-14-3-9-17(10-4-14)21-13(2)22/h3-10,12H,11H2,1-2H3,(H,20,23)(H,21,22). The number of rotatable bonds is 5. The fraction of sp³-hybridized carbons (Fsp3) is 0.222. The maximum atomic E-state index is 12.1. The lowest BCUT2D eigenvalue weighted by Crippen LogP contribution is -2.28. The van der Waals surface area contributed by atoms with Crippen molar-refractivity contribution in [3.8, 4) is 0 Å². The van der Waals surface area contributed by atoms with Gasteiger partial charge in [-0.1, -0.05) is 40.2 Å². The van der Waals surface area contributed by atoms with Gasteiger partial charge in [0.15, 0.2) is 0 Å². The minimum Gasteiger partial charge on any atom is -0.349 e. The Bertz CT molecular complexity index is 681. The average molecular weight is 375 g/mol. The van der Waals surface area contributed by atoms with Gasteiger partial charge >= 0.3 is 0 Å². The van der Waals surface area contributed by atoms with Gasteiger partial charge in [0.2, 0.25) is 11.8 Å². The Morgan fingerprint density at radius 1 is 1.04 bits per heavy atom. The molecule has 2 aromatic carbocycles. The monoisotopic (exact) mass is 374 g/mol. The second-order valence-electron chi connectivity index (χ2n) is 5.40. The number of hydrogen-bond acceptors (Lipinski definition) is 2. The first-order valence-corrected chi connectivity index (χ1v) is 8.14. The van der Waals surface area contributed by atoms with Gasteiger partial charge in [-0.25, -0.2) is 0 Å². The van der Waals surface area contributed by atoms with Crippen LogP contribution < -0.4 is 10.6 Å². The molecule has 5 heteroatoms. The number of carbonyl (C=O) groups excluding carboxylic acids is 2. The summed E-state index contributed by atoms with van der Waals surface area (Å²) >= 11 is 3.40. The molecule has 120 valence electrons. The number of anilines is 1. The molecule has 0 bridgehead atoms. The Morgan fingerprint density at radius 2 is 1.65 bits per heavy atom. The molecular formula is C18H19BrN2O2. The topological polar surface area (TPSA) is 58.2 Å². The Hall–Kier alpha value is -2.14. The van der Waals surface area contributed by atoms with Crippen LogP contribution in [0.5, 0.6) is 0 Å². The van der Waals surface area contributed by atoms with Crippen molar-refractivity contribution in [2.24, 2.45) is 0 Å². The van der Waals surface area contributed by atoms with Crippen molar-refractivity contribution in [2.45, 2.75) is 26.3 Å². The van der Waals surface area contributed by atoms with E-state index in [2.05, 4.69) is 26.6 Å². The average Bonchev–Trinajstić information content (AvgIpc) is 2.49. The van der Waals surface area contributed by atoms with E-state index in [1.807, 2.05) is 43.3 Å². The van der Waals surface area contributed by atoms with E-state index in [1.165, 1.54) is 6.92 Å². The summed E-state index contributed by atoms with van der Waals surface area (Å²) in [4.78, 5) is 23.1. The molecule has 2 rings (SSSR count). The highest BCUT2D eigenvalue weighted by molar-refractivity contribution is 9.10. The molecule has 0 saturated carbocycles. The summed E-state index contributed by atoms with van der Waals surface area (Å²) in [6.07, 6.45) is 0.307. The van der Waals surface area contributed by atoms with E-state index in [1.54, 1.807) is 12.1 Å². The van der Waals surface area contributed by atoms with Crippen LogP contribution in [0.2, 0.25) is 0 Å². The summed E-state index contributed by atoms with van der Waals surface area (Å²) in [6.45, 7) is 3.42. The molecule has 0 aromatic heterocycles. The van der Waals surface area contributed by atoms with Gasteiger partial charge in [0.1, 0.15) is 0 Å². The number of benzene rings is 2. The zero-order valence-corrected chi connectivity index (χ0v) is 14.7. The van der Waals surface area contributed by atoms with Crippen LogP contribution in [0.15, 0.2) is 53.0 Å². The number of halogens is 1. The molecule has 0 aliphatic heterocycles. The lowest BCUT2D eigenvalue weighted by molar-refractivity contribution is -0.121. The van der Waals surface area contributed by atoms with Crippen LogP contribution in [-0.2, 0) is 16.0 Å². The minimum atomic E-state index is -0.112. The second kappa shape index (κ2) is 7.92. The molecule has 0 radical (unpaired) electrons.